The molecule has 0 fully saturated rings. The van der Waals surface area contributed by atoms with Gasteiger partial charge in [0, 0.05) is 19.3 Å². The Balaban J connectivity index is 4.42. The Kier molecular flexibility index (Phi) is 56.9. The van der Waals surface area contributed by atoms with Gasteiger partial charge < -0.3 is 14.2 Å². The minimum Gasteiger partial charge on any atom is -0.462 e. The number of carbonyl (C=O) groups is 3. The minimum atomic E-state index is -0.798. The molecule has 0 saturated heterocycles. The highest BCUT2D eigenvalue weighted by molar-refractivity contribution is 5.71. The van der Waals surface area contributed by atoms with E-state index in [1.807, 2.05) is 0 Å². The van der Waals surface area contributed by atoms with Gasteiger partial charge in [-0.05, 0) is 128 Å². The zero-order valence-electron chi connectivity index (χ0n) is 47.4. The summed E-state index contributed by atoms with van der Waals surface area (Å²) in [6, 6.07) is 0. The van der Waals surface area contributed by atoms with Crippen molar-refractivity contribution in [3.05, 3.63) is 122 Å². The van der Waals surface area contributed by atoms with E-state index in [0.29, 0.717) is 19.3 Å². The van der Waals surface area contributed by atoms with E-state index >= 15 is 0 Å². The van der Waals surface area contributed by atoms with Crippen molar-refractivity contribution in [2.45, 2.75) is 271 Å². The summed E-state index contributed by atoms with van der Waals surface area (Å²) >= 11 is 0. The molecule has 1 atom stereocenters. The van der Waals surface area contributed by atoms with Gasteiger partial charge in [-0.3, -0.25) is 14.4 Å². The zero-order valence-corrected chi connectivity index (χ0v) is 47.4. The van der Waals surface area contributed by atoms with Gasteiger partial charge in [-0.1, -0.05) is 239 Å². The molecule has 0 bridgehead atoms. The molecule has 0 aromatic heterocycles. The highest BCUT2D eigenvalue weighted by Gasteiger charge is 2.19. The van der Waals surface area contributed by atoms with Crippen LogP contribution in [0.4, 0.5) is 0 Å². The van der Waals surface area contributed by atoms with Gasteiger partial charge in [0.2, 0.25) is 0 Å². The minimum absolute atomic E-state index is 0.0943. The van der Waals surface area contributed by atoms with E-state index in [1.165, 1.54) is 77.0 Å². The van der Waals surface area contributed by atoms with Crippen LogP contribution in [0.15, 0.2) is 122 Å². The number of esters is 3. The lowest BCUT2D eigenvalue weighted by Gasteiger charge is -2.18. The van der Waals surface area contributed by atoms with Crippen LogP contribution in [0, 0.1) is 0 Å². The third kappa shape index (κ3) is 58.6. The van der Waals surface area contributed by atoms with Gasteiger partial charge in [0.1, 0.15) is 13.2 Å². The molecular weight excluding hydrogens is 901 g/mol. The van der Waals surface area contributed by atoms with Crippen LogP contribution in [0.1, 0.15) is 265 Å². The summed E-state index contributed by atoms with van der Waals surface area (Å²) < 4.78 is 16.9. The zero-order chi connectivity index (χ0) is 52.9. The van der Waals surface area contributed by atoms with Crippen molar-refractivity contribution in [2.75, 3.05) is 13.2 Å². The first-order valence-electron chi connectivity index (χ1n) is 30.0. The van der Waals surface area contributed by atoms with Crippen molar-refractivity contribution in [3.8, 4) is 0 Å². The maximum Gasteiger partial charge on any atom is 0.306 e. The molecule has 0 amide bonds. The first-order valence-corrected chi connectivity index (χ1v) is 30.0. The smallest absolute Gasteiger partial charge is 0.306 e. The molecule has 0 aliphatic rings. The average molecular weight is 1010 g/mol. The summed E-state index contributed by atoms with van der Waals surface area (Å²) in [6.45, 7) is 6.37. The fourth-order valence-corrected chi connectivity index (χ4v) is 7.98. The standard InChI is InChI=1S/C67H110O6/c1-4-7-10-13-16-19-22-25-27-29-31-32-33-34-36-37-39-42-45-48-51-54-57-60-66(69)72-63-64(62-71-65(68)59-56-53-50-47-44-41-24-21-18-15-12-9-6-3)73-67(70)61-58-55-52-49-46-43-40-38-35-30-28-26-23-20-17-14-11-8-5-2/h7-8,10-11,16-17,19-21,24-28,31-32,34-36,38,64H,4-6,9,12-15,18,22-23,29-30,33,37,39-63H2,1-3H3/b10-7-,11-8-,19-16-,20-17-,24-21-,27-25-,28-26-,32-31-,36-34-,38-35-. The second-order valence-corrected chi connectivity index (χ2v) is 19.5. The molecule has 0 aliphatic heterocycles. The molecule has 0 aromatic carbocycles. The Hall–Kier alpha value is -4.19. The first-order chi connectivity index (χ1) is 36.0. The molecule has 0 aliphatic carbocycles. The van der Waals surface area contributed by atoms with Gasteiger partial charge in [0.15, 0.2) is 6.10 Å². The Labute approximate surface area is 450 Å². The maximum atomic E-state index is 12.9. The van der Waals surface area contributed by atoms with Gasteiger partial charge in [0.05, 0.1) is 0 Å². The van der Waals surface area contributed by atoms with Crippen molar-refractivity contribution in [1.29, 1.82) is 0 Å². The number of unbranched alkanes of at least 4 members (excludes halogenated alkanes) is 22. The molecule has 0 N–H and O–H groups in total. The summed E-state index contributed by atoms with van der Waals surface area (Å²) in [5.74, 6) is -0.927. The lowest BCUT2D eigenvalue weighted by molar-refractivity contribution is -0.167. The van der Waals surface area contributed by atoms with E-state index in [0.717, 1.165) is 148 Å². The Bertz CT molecular complexity index is 1540. The number of allylic oxidation sites excluding steroid dienone is 20. The summed E-state index contributed by atoms with van der Waals surface area (Å²) in [6.07, 6.45) is 83.3. The van der Waals surface area contributed by atoms with E-state index in [1.54, 1.807) is 0 Å². The van der Waals surface area contributed by atoms with E-state index in [-0.39, 0.29) is 31.1 Å². The van der Waals surface area contributed by atoms with E-state index in [9.17, 15) is 14.4 Å². The Morgan fingerprint density at radius 2 is 0.534 bits per heavy atom. The highest BCUT2D eigenvalue weighted by Crippen LogP contribution is 2.14. The summed E-state index contributed by atoms with van der Waals surface area (Å²) in [5, 5.41) is 0. The Morgan fingerprint density at radius 3 is 0.849 bits per heavy atom. The molecule has 6 nitrogen and oxygen atoms in total. The third-order valence-electron chi connectivity index (χ3n) is 12.4. The fraction of sp³-hybridized carbons (Fsp3) is 0.657. The van der Waals surface area contributed by atoms with Crippen molar-refractivity contribution in [1.82, 2.24) is 0 Å². The van der Waals surface area contributed by atoms with Crippen molar-refractivity contribution >= 4 is 17.9 Å². The van der Waals surface area contributed by atoms with Gasteiger partial charge >= 0.3 is 17.9 Å². The maximum absolute atomic E-state index is 12.9. The monoisotopic (exact) mass is 1010 g/mol. The van der Waals surface area contributed by atoms with Crippen LogP contribution in [-0.4, -0.2) is 37.2 Å². The lowest BCUT2D eigenvalue weighted by atomic mass is 10.1. The summed E-state index contributed by atoms with van der Waals surface area (Å²) in [5.41, 5.74) is 0. The van der Waals surface area contributed by atoms with Crippen molar-refractivity contribution in [2.24, 2.45) is 0 Å². The van der Waals surface area contributed by atoms with Gasteiger partial charge in [-0.2, -0.15) is 0 Å². The van der Waals surface area contributed by atoms with Crippen LogP contribution < -0.4 is 0 Å². The van der Waals surface area contributed by atoms with Crippen LogP contribution in [-0.2, 0) is 28.6 Å². The van der Waals surface area contributed by atoms with Crippen LogP contribution in [0.2, 0.25) is 0 Å². The van der Waals surface area contributed by atoms with E-state index in [2.05, 4.69) is 142 Å². The van der Waals surface area contributed by atoms with Crippen LogP contribution in [0.3, 0.4) is 0 Å². The molecule has 73 heavy (non-hydrogen) atoms. The second kappa shape index (κ2) is 60.4. The largest absolute Gasteiger partial charge is 0.462 e. The highest BCUT2D eigenvalue weighted by atomic mass is 16.6. The summed E-state index contributed by atoms with van der Waals surface area (Å²) in [4.78, 5) is 38.2. The molecule has 0 aromatic rings. The first kappa shape index (κ1) is 68.8. The lowest BCUT2D eigenvalue weighted by Crippen LogP contribution is -2.30. The molecular formula is C67H110O6. The molecule has 0 radical (unpaired) electrons. The molecule has 0 spiro atoms. The van der Waals surface area contributed by atoms with Gasteiger partial charge in [-0.15, -0.1) is 0 Å². The molecule has 6 heteroatoms. The average Bonchev–Trinajstić information content (AvgIpc) is 3.39. The van der Waals surface area contributed by atoms with E-state index < -0.39 is 6.10 Å². The molecule has 0 rings (SSSR count). The number of rotatable bonds is 53. The number of hydrogen-bond acceptors (Lipinski definition) is 6. The second-order valence-electron chi connectivity index (χ2n) is 19.5. The SMILES string of the molecule is CC/C=C\C/C=C\C/C=C\C/C=C\C/C=C\CCCCCCCCCC(=O)OCC(COC(=O)CCCCCCC/C=C\CCCCCC)OC(=O)CCCCCCCC/C=C\C/C=C\C/C=C\C/C=C\CC. The van der Waals surface area contributed by atoms with Gasteiger partial charge in [0.25, 0.3) is 0 Å². The van der Waals surface area contributed by atoms with Crippen molar-refractivity contribution < 1.29 is 28.6 Å². The normalized spacial score (nSPS) is 13.0. The van der Waals surface area contributed by atoms with Crippen molar-refractivity contribution in [3.63, 3.8) is 0 Å². The quantitative estimate of drug-likeness (QED) is 0.0261. The number of ether oxygens (including phenoxy) is 3. The third-order valence-corrected chi connectivity index (χ3v) is 12.4. The number of carbonyl (C=O) groups excluding carboxylic acids is 3. The predicted octanol–water partition coefficient (Wildman–Crippen LogP) is 20.4. The number of hydrogen-bond donors (Lipinski definition) is 0. The van der Waals surface area contributed by atoms with Crippen LogP contribution >= 0.6 is 0 Å². The summed E-state index contributed by atoms with van der Waals surface area (Å²) in [7, 11) is 0. The van der Waals surface area contributed by atoms with Crippen LogP contribution in [0.25, 0.3) is 0 Å². The fourth-order valence-electron chi connectivity index (χ4n) is 7.98. The molecule has 1 unspecified atom stereocenters. The topological polar surface area (TPSA) is 78.9 Å². The molecule has 0 saturated carbocycles. The molecule has 0 heterocycles. The van der Waals surface area contributed by atoms with E-state index in [4.69, 9.17) is 14.2 Å². The Morgan fingerprint density at radius 1 is 0.288 bits per heavy atom. The predicted molar refractivity (Wildman–Crippen MR) is 316 cm³/mol. The van der Waals surface area contributed by atoms with Crippen LogP contribution in [0.5, 0.6) is 0 Å². The molecule has 414 valence electrons. The van der Waals surface area contributed by atoms with Gasteiger partial charge in [-0.25, -0.2) is 0 Å².